The molecule has 0 spiro atoms. The normalized spacial score (nSPS) is 21.0. The molecule has 28 heavy (non-hydrogen) atoms. The van der Waals surface area contributed by atoms with Gasteiger partial charge in [-0.2, -0.15) is 5.26 Å². The average molecular weight is 385 g/mol. The summed E-state index contributed by atoms with van der Waals surface area (Å²) in [7, 11) is 0. The van der Waals surface area contributed by atoms with Crippen molar-refractivity contribution in [1.29, 1.82) is 5.26 Å². The lowest BCUT2D eigenvalue weighted by atomic mass is 9.97. The zero-order valence-corrected chi connectivity index (χ0v) is 16.4. The molecule has 1 aromatic carbocycles. The Bertz CT molecular complexity index is 759. The lowest BCUT2D eigenvalue weighted by Crippen LogP contribution is -2.55. The van der Waals surface area contributed by atoms with E-state index in [1.807, 2.05) is 44.2 Å². The number of hydrogen-bond acceptors (Lipinski definition) is 4. The number of amides is 4. The van der Waals surface area contributed by atoms with E-state index >= 15 is 0 Å². The molecular formula is C20H27N5O3. The Hall–Kier alpha value is -3.08. The highest BCUT2D eigenvalue weighted by Gasteiger charge is 2.45. The van der Waals surface area contributed by atoms with Gasteiger partial charge in [-0.1, -0.05) is 44.2 Å². The van der Waals surface area contributed by atoms with Crippen LogP contribution in [0.1, 0.15) is 32.8 Å². The van der Waals surface area contributed by atoms with Crippen molar-refractivity contribution in [3.05, 3.63) is 35.9 Å². The molecule has 0 unspecified atom stereocenters. The Labute approximate surface area is 165 Å². The van der Waals surface area contributed by atoms with E-state index < -0.39 is 42.0 Å². The molecule has 4 atom stereocenters. The minimum atomic E-state index is -0.868. The van der Waals surface area contributed by atoms with Gasteiger partial charge in [-0.05, 0) is 31.2 Å². The molecule has 4 N–H and O–H groups in total. The second kappa shape index (κ2) is 9.22. The molecule has 1 fully saturated rings. The van der Waals surface area contributed by atoms with Crippen molar-refractivity contribution < 1.29 is 14.4 Å². The number of hydrogen-bond donors (Lipinski definition) is 3. The van der Waals surface area contributed by atoms with E-state index in [4.69, 9.17) is 5.73 Å². The van der Waals surface area contributed by atoms with Crippen LogP contribution in [0.2, 0.25) is 0 Å². The number of carbonyl (C=O) groups excluding carboxylic acids is 3. The van der Waals surface area contributed by atoms with Gasteiger partial charge in [-0.25, -0.2) is 4.79 Å². The summed E-state index contributed by atoms with van der Waals surface area (Å²) in [6.45, 7) is 5.33. The largest absolute Gasteiger partial charge is 0.368 e. The second-order valence-electron chi connectivity index (χ2n) is 7.50. The molecule has 1 aromatic rings. The van der Waals surface area contributed by atoms with Crippen molar-refractivity contribution in [1.82, 2.24) is 15.5 Å². The van der Waals surface area contributed by atoms with Crippen molar-refractivity contribution in [2.45, 2.75) is 57.8 Å². The van der Waals surface area contributed by atoms with Crippen LogP contribution in [0.25, 0.3) is 0 Å². The lowest BCUT2D eigenvalue weighted by Gasteiger charge is -2.31. The van der Waals surface area contributed by atoms with Crippen LogP contribution in [0.15, 0.2) is 30.3 Å². The van der Waals surface area contributed by atoms with Crippen LogP contribution in [0.4, 0.5) is 4.79 Å². The number of rotatable bonds is 8. The van der Waals surface area contributed by atoms with Gasteiger partial charge in [-0.15, -0.1) is 0 Å². The van der Waals surface area contributed by atoms with Gasteiger partial charge in [0.15, 0.2) is 0 Å². The summed E-state index contributed by atoms with van der Waals surface area (Å²) >= 11 is 0. The molecule has 0 saturated carbocycles. The van der Waals surface area contributed by atoms with Gasteiger partial charge < -0.3 is 16.4 Å². The summed E-state index contributed by atoms with van der Waals surface area (Å²) in [5, 5.41) is 15.1. The van der Waals surface area contributed by atoms with Crippen molar-refractivity contribution >= 4 is 17.8 Å². The highest BCUT2D eigenvalue weighted by atomic mass is 16.2. The SMILES string of the molecule is CC(C)C[C@H](C(=O)N[C@@H](C)C(N)=O)N1C(=O)N[C@@H](Cc2ccccc2)[C@H]1C#N. The molecule has 0 aliphatic carbocycles. The number of primary amides is 1. The fourth-order valence-corrected chi connectivity index (χ4v) is 3.32. The Kier molecular flexibility index (Phi) is 6.99. The van der Waals surface area contributed by atoms with E-state index in [2.05, 4.69) is 16.7 Å². The van der Waals surface area contributed by atoms with Crippen molar-refractivity contribution in [3.63, 3.8) is 0 Å². The maximum atomic E-state index is 12.8. The molecule has 1 aliphatic rings. The average Bonchev–Trinajstić information content (AvgIpc) is 2.94. The predicted molar refractivity (Wildman–Crippen MR) is 104 cm³/mol. The molecule has 8 heteroatoms. The molecule has 0 aromatic heterocycles. The zero-order chi connectivity index (χ0) is 20.8. The van der Waals surface area contributed by atoms with Gasteiger partial charge in [0.05, 0.1) is 12.1 Å². The highest BCUT2D eigenvalue weighted by Crippen LogP contribution is 2.24. The van der Waals surface area contributed by atoms with E-state index in [9.17, 15) is 19.6 Å². The third kappa shape index (κ3) is 5.00. The summed E-state index contributed by atoms with van der Waals surface area (Å²) in [4.78, 5) is 38.1. The second-order valence-corrected chi connectivity index (χ2v) is 7.50. The predicted octanol–water partition coefficient (Wildman–Crippen LogP) is 0.920. The maximum Gasteiger partial charge on any atom is 0.319 e. The van der Waals surface area contributed by atoms with Crippen molar-refractivity contribution in [3.8, 4) is 6.07 Å². The van der Waals surface area contributed by atoms with Crippen LogP contribution < -0.4 is 16.4 Å². The molecular weight excluding hydrogens is 358 g/mol. The molecule has 1 heterocycles. The summed E-state index contributed by atoms with van der Waals surface area (Å²) in [5.41, 5.74) is 6.22. The highest BCUT2D eigenvalue weighted by molar-refractivity contribution is 5.92. The van der Waals surface area contributed by atoms with Gasteiger partial charge in [-0.3, -0.25) is 14.5 Å². The monoisotopic (exact) mass is 385 g/mol. The van der Waals surface area contributed by atoms with E-state index in [0.717, 1.165) is 5.56 Å². The fraction of sp³-hybridized carbons (Fsp3) is 0.500. The Balaban J connectivity index is 2.25. The summed E-state index contributed by atoms with van der Waals surface area (Å²) in [6.07, 6.45) is 0.843. The number of nitrogens with one attached hydrogen (secondary N) is 2. The van der Waals surface area contributed by atoms with Crippen molar-refractivity contribution in [2.24, 2.45) is 11.7 Å². The molecule has 1 aliphatic heterocycles. The van der Waals surface area contributed by atoms with Crippen LogP contribution in [0, 0.1) is 17.2 Å². The van der Waals surface area contributed by atoms with E-state index in [1.54, 1.807) is 0 Å². The maximum absolute atomic E-state index is 12.8. The molecule has 1 saturated heterocycles. The van der Waals surface area contributed by atoms with Crippen molar-refractivity contribution in [2.75, 3.05) is 0 Å². The van der Waals surface area contributed by atoms with E-state index in [1.165, 1.54) is 11.8 Å². The molecule has 150 valence electrons. The topological polar surface area (TPSA) is 128 Å². The first-order valence-corrected chi connectivity index (χ1v) is 9.36. The molecule has 0 bridgehead atoms. The van der Waals surface area contributed by atoms with Crippen LogP contribution in [-0.2, 0) is 16.0 Å². The standard InChI is InChI=1S/C20H27N5O3/c1-12(2)9-16(19(27)23-13(3)18(22)26)25-17(11-21)15(24-20(25)28)10-14-7-5-4-6-8-14/h4-8,12-13,15-17H,9-10H2,1-3H3,(H2,22,26)(H,23,27)(H,24,28)/t13-,15-,16+,17+/m0/s1. The Morgan fingerprint density at radius 2 is 1.93 bits per heavy atom. The van der Waals surface area contributed by atoms with Gasteiger partial charge >= 0.3 is 6.03 Å². The lowest BCUT2D eigenvalue weighted by molar-refractivity contribution is -0.130. The molecule has 4 amide bonds. The first-order chi connectivity index (χ1) is 13.2. The third-order valence-corrected chi connectivity index (χ3v) is 4.77. The number of nitriles is 1. The van der Waals surface area contributed by atoms with Gasteiger partial charge in [0.1, 0.15) is 18.1 Å². The summed E-state index contributed by atoms with van der Waals surface area (Å²) in [5.74, 6) is -1.06. The Morgan fingerprint density at radius 1 is 1.29 bits per heavy atom. The molecule has 0 radical (unpaired) electrons. The first kappa shape index (κ1) is 21.2. The third-order valence-electron chi connectivity index (χ3n) is 4.77. The molecule has 8 nitrogen and oxygen atoms in total. The number of urea groups is 1. The minimum absolute atomic E-state index is 0.0972. The first-order valence-electron chi connectivity index (χ1n) is 9.36. The van der Waals surface area contributed by atoms with Gasteiger partial charge in [0.25, 0.3) is 0 Å². The van der Waals surface area contributed by atoms with Gasteiger partial charge in [0, 0.05) is 0 Å². The smallest absolute Gasteiger partial charge is 0.319 e. The summed E-state index contributed by atoms with van der Waals surface area (Å²) < 4.78 is 0. The Morgan fingerprint density at radius 3 is 2.46 bits per heavy atom. The number of nitrogens with two attached hydrogens (primary N) is 1. The number of carbonyl (C=O) groups is 3. The summed E-state index contributed by atoms with van der Waals surface area (Å²) in [6, 6.07) is 8.28. The van der Waals surface area contributed by atoms with Crippen LogP contribution in [-0.4, -0.2) is 46.9 Å². The van der Waals surface area contributed by atoms with Crippen LogP contribution >= 0.6 is 0 Å². The van der Waals surface area contributed by atoms with Crippen LogP contribution in [0.3, 0.4) is 0 Å². The van der Waals surface area contributed by atoms with E-state index in [-0.39, 0.29) is 5.92 Å². The molecule has 2 rings (SSSR count). The zero-order valence-electron chi connectivity index (χ0n) is 16.4. The van der Waals surface area contributed by atoms with Crippen LogP contribution in [0.5, 0.6) is 0 Å². The number of benzene rings is 1. The van der Waals surface area contributed by atoms with E-state index in [0.29, 0.717) is 12.8 Å². The number of nitrogens with zero attached hydrogens (tertiary/aromatic N) is 2. The van der Waals surface area contributed by atoms with Gasteiger partial charge in [0.2, 0.25) is 11.8 Å². The quantitative estimate of drug-likeness (QED) is 0.614. The minimum Gasteiger partial charge on any atom is -0.368 e. The fourth-order valence-electron chi connectivity index (χ4n) is 3.32.